The van der Waals surface area contributed by atoms with Gasteiger partial charge >= 0.3 is 5.69 Å². The van der Waals surface area contributed by atoms with E-state index in [1.165, 1.54) is 4.57 Å². The van der Waals surface area contributed by atoms with Crippen LogP contribution in [0.2, 0.25) is 0 Å². The van der Waals surface area contributed by atoms with Crippen LogP contribution in [0.1, 0.15) is 26.7 Å². The number of carbonyl (C=O) groups is 1. The number of aromatic nitrogens is 2. The molecular weight excluding hydrogens is 406 g/mol. The van der Waals surface area contributed by atoms with Crippen molar-refractivity contribution in [3.05, 3.63) is 75.4 Å². The number of rotatable bonds is 9. The molecule has 4 N–H and O–H groups in total. The highest BCUT2D eigenvalue weighted by molar-refractivity contribution is 5.98. The Kier molecular flexibility index (Phi) is 7.49. The number of hydrogen-bond donors (Lipinski definition) is 3. The van der Waals surface area contributed by atoms with Crippen LogP contribution in [0.4, 0.5) is 17.2 Å². The summed E-state index contributed by atoms with van der Waals surface area (Å²) in [5.74, 6) is -0.216. The molecule has 0 aliphatic rings. The Morgan fingerprint density at radius 1 is 1.06 bits per heavy atom. The molecule has 32 heavy (non-hydrogen) atoms. The Bertz CT molecular complexity index is 1180. The number of nitrogens with zero attached hydrogens (tertiary/aromatic N) is 2. The Labute approximate surface area is 186 Å². The van der Waals surface area contributed by atoms with Crippen molar-refractivity contribution in [2.45, 2.75) is 33.2 Å². The Morgan fingerprint density at radius 3 is 2.44 bits per heavy atom. The number of benzene rings is 2. The van der Waals surface area contributed by atoms with Gasteiger partial charge < -0.3 is 16.0 Å². The van der Waals surface area contributed by atoms with Crippen molar-refractivity contribution >= 4 is 23.1 Å². The number of hydrogen-bond acceptors (Lipinski definition) is 5. The van der Waals surface area contributed by atoms with Crippen molar-refractivity contribution < 1.29 is 4.79 Å². The number of anilines is 3. The molecule has 0 atom stereocenters. The number of amides is 1. The van der Waals surface area contributed by atoms with Gasteiger partial charge in [0, 0.05) is 24.3 Å². The fourth-order valence-corrected chi connectivity index (χ4v) is 3.59. The summed E-state index contributed by atoms with van der Waals surface area (Å²) in [7, 11) is 0. The molecule has 8 heteroatoms. The van der Waals surface area contributed by atoms with Crippen molar-refractivity contribution in [3.63, 3.8) is 0 Å². The van der Waals surface area contributed by atoms with Gasteiger partial charge in [-0.2, -0.15) is 0 Å². The van der Waals surface area contributed by atoms with Crippen LogP contribution in [-0.4, -0.2) is 28.5 Å². The highest BCUT2D eigenvalue weighted by Gasteiger charge is 2.20. The lowest BCUT2D eigenvalue weighted by Crippen LogP contribution is -2.41. The van der Waals surface area contributed by atoms with E-state index in [0.717, 1.165) is 24.0 Å². The number of para-hydroxylation sites is 1. The normalized spacial score (nSPS) is 10.7. The maximum Gasteiger partial charge on any atom is 0.330 e. The van der Waals surface area contributed by atoms with E-state index >= 15 is 0 Å². The van der Waals surface area contributed by atoms with Gasteiger partial charge in [-0.05, 0) is 25.0 Å². The largest absolute Gasteiger partial charge is 0.383 e. The molecule has 8 nitrogen and oxygen atoms in total. The Balaban J connectivity index is 1.86. The van der Waals surface area contributed by atoms with Crippen molar-refractivity contribution in [3.8, 4) is 11.1 Å². The quantitative estimate of drug-likeness (QED) is 0.478. The molecule has 2 aromatic carbocycles. The lowest BCUT2D eigenvalue weighted by molar-refractivity contribution is -0.115. The van der Waals surface area contributed by atoms with Crippen molar-refractivity contribution in [2.75, 3.05) is 29.0 Å². The van der Waals surface area contributed by atoms with Gasteiger partial charge in [-0.3, -0.25) is 19.1 Å². The zero-order chi connectivity index (χ0) is 23.1. The van der Waals surface area contributed by atoms with Crippen LogP contribution in [0.5, 0.6) is 0 Å². The van der Waals surface area contributed by atoms with Crippen molar-refractivity contribution in [1.29, 1.82) is 0 Å². The van der Waals surface area contributed by atoms with Crippen LogP contribution in [0.3, 0.4) is 0 Å². The monoisotopic (exact) mass is 435 g/mol. The molecule has 3 rings (SSSR count). The smallest absolute Gasteiger partial charge is 0.330 e. The zero-order valence-corrected chi connectivity index (χ0v) is 18.4. The third-order valence-corrected chi connectivity index (χ3v) is 5.27. The average molecular weight is 436 g/mol. The van der Waals surface area contributed by atoms with Gasteiger partial charge in [0.1, 0.15) is 11.5 Å². The van der Waals surface area contributed by atoms with Crippen molar-refractivity contribution in [2.24, 2.45) is 0 Å². The van der Waals surface area contributed by atoms with Gasteiger partial charge in [0.25, 0.3) is 5.56 Å². The number of nitrogens with one attached hydrogen (secondary N) is 2. The predicted molar refractivity (Wildman–Crippen MR) is 129 cm³/mol. The zero-order valence-electron chi connectivity index (χ0n) is 18.4. The fraction of sp³-hybridized carbons (Fsp3) is 0.292. The second-order valence-corrected chi connectivity index (χ2v) is 7.47. The molecule has 0 fully saturated rings. The molecule has 0 spiro atoms. The van der Waals surface area contributed by atoms with E-state index in [9.17, 15) is 14.4 Å². The van der Waals surface area contributed by atoms with Gasteiger partial charge in [0.2, 0.25) is 5.91 Å². The second kappa shape index (κ2) is 10.5. The lowest BCUT2D eigenvalue weighted by Gasteiger charge is -2.24. The van der Waals surface area contributed by atoms with E-state index in [1.807, 2.05) is 68.4 Å². The molecule has 1 amide bonds. The van der Waals surface area contributed by atoms with Crippen LogP contribution in [0.15, 0.2) is 64.2 Å². The summed E-state index contributed by atoms with van der Waals surface area (Å²) in [5.41, 5.74) is 7.76. The van der Waals surface area contributed by atoms with E-state index in [-0.39, 0.29) is 24.0 Å². The highest BCUT2D eigenvalue weighted by atomic mass is 16.2. The van der Waals surface area contributed by atoms with E-state index in [2.05, 4.69) is 10.3 Å². The van der Waals surface area contributed by atoms with Gasteiger partial charge in [0.15, 0.2) is 0 Å². The first kappa shape index (κ1) is 22.9. The summed E-state index contributed by atoms with van der Waals surface area (Å²) in [4.78, 5) is 41.6. The molecule has 0 saturated carbocycles. The molecule has 1 aromatic heterocycles. The molecule has 0 radical (unpaired) electrons. The SMILES string of the molecule is CCCCn1c(N)c(N(CC)CC(=O)Nc2ccccc2-c2ccccc2)c(=O)[nH]c1=O. The van der Waals surface area contributed by atoms with Crippen LogP contribution < -0.4 is 27.2 Å². The van der Waals surface area contributed by atoms with E-state index in [1.54, 1.807) is 4.90 Å². The molecule has 0 bridgehead atoms. The predicted octanol–water partition coefficient (Wildman–Crippen LogP) is 3.05. The van der Waals surface area contributed by atoms with Gasteiger partial charge in [-0.15, -0.1) is 0 Å². The molecule has 0 aliphatic carbocycles. The molecule has 0 saturated heterocycles. The standard InChI is InChI=1S/C24H29N5O3/c1-3-5-15-29-22(25)21(23(31)27-24(29)32)28(4-2)16-20(30)26-19-14-10-9-13-18(19)17-11-7-6-8-12-17/h6-14H,3-5,15-16,25H2,1-2H3,(H,26,30)(H,27,31,32). The first-order valence-electron chi connectivity index (χ1n) is 10.8. The lowest BCUT2D eigenvalue weighted by atomic mass is 10.0. The summed E-state index contributed by atoms with van der Waals surface area (Å²) < 4.78 is 1.35. The van der Waals surface area contributed by atoms with Crippen LogP contribution in [0, 0.1) is 0 Å². The fourth-order valence-electron chi connectivity index (χ4n) is 3.59. The number of aromatic amines is 1. The molecule has 0 aliphatic heterocycles. The molecule has 0 unspecified atom stereocenters. The van der Waals surface area contributed by atoms with Crippen molar-refractivity contribution in [1.82, 2.24) is 9.55 Å². The molecule has 168 valence electrons. The highest BCUT2D eigenvalue weighted by Crippen LogP contribution is 2.27. The third-order valence-electron chi connectivity index (χ3n) is 5.27. The van der Waals surface area contributed by atoms with Crippen LogP contribution in [0.25, 0.3) is 11.1 Å². The summed E-state index contributed by atoms with van der Waals surface area (Å²) in [6.07, 6.45) is 1.62. The summed E-state index contributed by atoms with van der Waals surface area (Å²) >= 11 is 0. The van der Waals surface area contributed by atoms with E-state index in [0.29, 0.717) is 18.8 Å². The van der Waals surface area contributed by atoms with E-state index < -0.39 is 11.2 Å². The van der Waals surface area contributed by atoms with Crippen LogP contribution in [-0.2, 0) is 11.3 Å². The number of likely N-dealkylation sites (N-methyl/N-ethyl adjacent to an activating group) is 1. The maximum absolute atomic E-state index is 12.9. The number of H-pyrrole nitrogens is 1. The third kappa shape index (κ3) is 5.08. The number of carbonyl (C=O) groups excluding carboxylic acids is 1. The van der Waals surface area contributed by atoms with Gasteiger partial charge in [-0.25, -0.2) is 4.79 Å². The maximum atomic E-state index is 12.9. The van der Waals surface area contributed by atoms with Gasteiger partial charge in [-0.1, -0.05) is 61.9 Å². The Hall–Kier alpha value is -3.81. The summed E-state index contributed by atoms with van der Waals surface area (Å²) in [5, 5.41) is 2.94. The minimum atomic E-state index is -0.598. The molecule has 1 heterocycles. The van der Waals surface area contributed by atoms with E-state index in [4.69, 9.17) is 5.73 Å². The first-order chi connectivity index (χ1) is 15.5. The number of nitrogen functional groups attached to an aromatic ring is 1. The molecule has 3 aromatic rings. The Morgan fingerprint density at radius 2 is 1.75 bits per heavy atom. The summed E-state index contributed by atoms with van der Waals surface area (Å²) in [6, 6.07) is 17.3. The van der Waals surface area contributed by atoms with Crippen LogP contribution >= 0.6 is 0 Å². The minimum absolute atomic E-state index is 0.0755. The average Bonchev–Trinajstić information content (AvgIpc) is 2.79. The number of nitrogens with two attached hydrogens (primary N) is 1. The topological polar surface area (TPSA) is 113 Å². The first-order valence-corrected chi connectivity index (χ1v) is 10.8. The summed E-state index contributed by atoms with van der Waals surface area (Å²) in [6.45, 7) is 4.51. The minimum Gasteiger partial charge on any atom is -0.383 e. The number of unbranched alkanes of at least 4 members (excludes halogenated alkanes) is 1. The molecular formula is C24H29N5O3. The van der Waals surface area contributed by atoms with Gasteiger partial charge in [0.05, 0.1) is 6.54 Å². The second-order valence-electron chi connectivity index (χ2n) is 7.47.